The molecule has 14 heteroatoms. The van der Waals surface area contributed by atoms with E-state index in [2.05, 4.69) is 15.0 Å². The maximum atomic E-state index is 13.2. The molecule has 4 heterocycles. The van der Waals surface area contributed by atoms with Gasteiger partial charge in [0.15, 0.2) is 5.66 Å². The van der Waals surface area contributed by atoms with Gasteiger partial charge in [0.2, 0.25) is 11.8 Å². The maximum Gasteiger partial charge on any atom is 0.333 e. The Morgan fingerprint density at radius 3 is 1.92 bits per heavy atom. The van der Waals surface area contributed by atoms with Gasteiger partial charge in [-0.25, -0.2) is 24.5 Å². The van der Waals surface area contributed by atoms with E-state index in [1.807, 2.05) is 0 Å². The minimum absolute atomic E-state index is 0.0439. The zero-order valence-corrected chi connectivity index (χ0v) is 19.5. The number of aromatic hydroxyl groups is 2. The minimum Gasteiger partial charge on any atom is -0.494 e. The van der Waals surface area contributed by atoms with E-state index in [-0.39, 0.29) is 17.1 Å². The average molecular weight is 492 g/mol. The molecule has 0 spiro atoms. The van der Waals surface area contributed by atoms with E-state index in [1.165, 1.54) is 28.2 Å². The van der Waals surface area contributed by atoms with Crippen molar-refractivity contribution in [2.24, 2.45) is 38.9 Å². The largest absolute Gasteiger partial charge is 0.494 e. The molecule has 0 fully saturated rings. The summed E-state index contributed by atoms with van der Waals surface area (Å²) in [6.45, 7) is 0. The van der Waals surface area contributed by atoms with Crippen LogP contribution in [0.25, 0.3) is 11.0 Å². The smallest absolute Gasteiger partial charge is 0.333 e. The molecule has 0 radical (unpaired) electrons. The Labute approximate surface area is 200 Å². The highest BCUT2D eigenvalue weighted by molar-refractivity contribution is 6.16. The second kappa shape index (κ2) is 7.32. The van der Waals surface area contributed by atoms with Crippen molar-refractivity contribution in [1.29, 1.82) is 0 Å². The van der Waals surface area contributed by atoms with Crippen molar-refractivity contribution in [2.75, 3.05) is 0 Å². The summed E-state index contributed by atoms with van der Waals surface area (Å²) in [5, 5.41) is 21.6. The summed E-state index contributed by atoms with van der Waals surface area (Å²) in [7, 11) is 4.93. The lowest BCUT2D eigenvalue weighted by molar-refractivity contribution is 0.382. The van der Waals surface area contributed by atoms with Gasteiger partial charge in [-0.3, -0.25) is 33.6 Å². The summed E-state index contributed by atoms with van der Waals surface area (Å²) in [5.41, 5.74) is 0.528. The van der Waals surface area contributed by atoms with Gasteiger partial charge in [-0.2, -0.15) is 0 Å². The number of benzene rings is 1. The fourth-order valence-electron chi connectivity index (χ4n) is 4.27. The zero-order chi connectivity index (χ0) is 26.3. The fourth-order valence-corrected chi connectivity index (χ4v) is 4.27. The van der Waals surface area contributed by atoms with Gasteiger partial charge in [0.1, 0.15) is 28.2 Å². The summed E-state index contributed by atoms with van der Waals surface area (Å²) in [5.74, 6) is -1.46. The van der Waals surface area contributed by atoms with E-state index in [4.69, 9.17) is 5.73 Å². The van der Waals surface area contributed by atoms with Crippen LogP contribution < -0.4 is 28.2 Å². The van der Waals surface area contributed by atoms with E-state index in [9.17, 15) is 29.4 Å². The van der Waals surface area contributed by atoms with Crippen molar-refractivity contribution >= 4 is 16.7 Å². The first-order valence-corrected chi connectivity index (χ1v) is 10.5. The van der Waals surface area contributed by atoms with Crippen molar-refractivity contribution in [1.82, 2.24) is 28.2 Å². The standard InChI is InChI=1S/C22H20N8O6/c1-27-16(31)11(17(32)28(2)20(27)35)13-14-15(25-10-8-6-5-7-9(10)24-14)22(23,26-13)12-18(33)29(3)21(36)30(4)19(12)34/h5-8,31,33H,23H2,1-4H3. The predicted molar refractivity (Wildman–Crippen MR) is 127 cm³/mol. The first-order chi connectivity index (χ1) is 16.9. The van der Waals surface area contributed by atoms with Gasteiger partial charge in [-0.05, 0) is 12.1 Å². The summed E-state index contributed by atoms with van der Waals surface area (Å²) >= 11 is 0. The minimum atomic E-state index is -2.21. The Kier molecular flexibility index (Phi) is 4.66. The van der Waals surface area contributed by atoms with E-state index < -0.39 is 51.0 Å². The quantitative estimate of drug-likeness (QED) is 0.280. The second-order valence-electron chi connectivity index (χ2n) is 8.45. The molecule has 0 amide bonds. The number of rotatable bonds is 2. The Bertz CT molecular complexity index is 1910. The lowest BCUT2D eigenvalue weighted by atomic mass is 9.98. The molecule has 184 valence electrons. The number of hydrogen-bond acceptors (Lipinski definition) is 10. The normalized spacial score (nSPS) is 16.9. The molecular weight excluding hydrogens is 472 g/mol. The van der Waals surface area contributed by atoms with Gasteiger partial charge in [0, 0.05) is 28.2 Å². The number of nitrogens with zero attached hydrogens (tertiary/aromatic N) is 7. The molecule has 0 bridgehead atoms. The van der Waals surface area contributed by atoms with E-state index in [0.29, 0.717) is 11.0 Å². The van der Waals surface area contributed by atoms with Gasteiger partial charge >= 0.3 is 11.4 Å². The third kappa shape index (κ3) is 2.78. The second-order valence-corrected chi connectivity index (χ2v) is 8.45. The maximum absolute atomic E-state index is 13.2. The first-order valence-electron chi connectivity index (χ1n) is 10.5. The number of fused-ring (bicyclic) bond motifs is 2. The molecule has 4 aromatic rings. The first kappa shape index (κ1) is 22.9. The highest BCUT2D eigenvalue weighted by atomic mass is 16.3. The number of para-hydroxylation sites is 2. The molecule has 0 aliphatic carbocycles. The molecule has 1 atom stereocenters. The number of aliphatic imine (C=N–C) groups is 1. The van der Waals surface area contributed by atoms with Crippen LogP contribution in [0.4, 0.5) is 0 Å². The van der Waals surface area contributed by atoms with Crippen LogP contribution >= 0.6 is 0 Å². The van der Waals surface area contributed by atoms with Crippen molar-refractivity contribution in [2.45, 2.75) is 5.66 Å². The third-order valence-corrected chi connectivity index (χ3v) is 6.33. The van der Waals surface area contributed by atoms with Crippen LogP contribution in [0, 0.1) is 0 Å². The fraction of sp³-hybridized carbons (Fsp3) is 0.227. The monoisotopic (exact) mass is 492 g/mol. The molecule has 1 aliphatic rings. The molecule has 14 nitrogen and oxygen atoms in total. The zero-order valence-electron chi connectivity index (χ0n) is 19.5. The van der Waals surface area contributed by atoms with Gasteiger partial charge < -0.3 is 10.2 Å². The number of nitrogens with two attached hydrogens (primary N) is 1. The molecule has 0 saturated heterocycles. The van der Waals surface area contributed by atoms with Crippen LogP contribution in [0.2, 0.25) is 0 Å². The van der Waals surface area contributed by atoms with Crippen LogP contribution in [-0.2, 0) is 33.9 Å². The summed E-state index contributed by atoms with van der Waals surface area (Å²) in [4.78, 5) is 64.4. The molecule has 36 heavy (non-hydrogen) atoms. The SMILES string of the molecule is Cn1c(O)c(C2=NC(N)(c3c(O)n(C)c(=O)n(C)c3=O)c3nc4ccccc4nc32)c(=O)n(C)c1=O. The van der Waals surface area contributed by atoms with E-state index >= 15 is 0 Å². The van der Waals surface area contributed by atoms with E-state index in [1.54, 1.807) is 24.3 Å². The third-order valence-electron chi connectivity index (χ3n) is 6.33. The van der Waals surface area contributed by atoms with Gasteiger partial charge in [0.25, 0.3) is 11.1 Å². The molecule has 4 N–H and O–H groups in total. The van der Waals surface area contributed by atoms with Crippen molar-refractivity contribution in [3.63, 3.8) is 0 Å². The highest BCUT2D eigenvalue weighted by Crippen LogP contribution is 2.39. The van der Waals surface area contributed by atoms with Crippen molar-refractivity contribution in [3.8, 4) is 11.8 Å². The molecule has 1 aliphatic heterocycles. The molecule has 1 unspecified atom stereocenters. The van der Waals surface area contributed by atoms with Gasteiger partial charge in [0.05, 0.1) is 11.0 Å². The number of aromatic nitrogens is 6. The van der Waals surface area contributed by atoms with Crippen molar-refractivity contribution < 1.29 is 10.2 Å². The lowest BCUT2D eigenvalue weighted by Crippen LogP contribution is -2.47. The molecule has 5 rings (SSSR count). The topological polar surface area (TPSA) is 193 Å². The Balaban J connectivity index is 1.99. The van der Waals surface area contributed by atoms with E-state index in [0.717, 1.165) is 18.3 Å². The van der Waals surface area contributed by atoms with Crippen LogP contribution in [0.3, 0.4) is 0 Å². The molecule has 0 saturated carbocycles. The summed E-state index contributed by atoms with van der Waals surface area (Å²) < 4.78 is 3.17. The predicted octanol–water partition coefficient (Wildman–Crippen LogP) is -2.15. The van der Waals surface area contributed by atoms with Crippen LogP contribution in [-0.4, -0.2) is 44.2 Å². The van der Waals surface area contributed by atoms with Crippen molar-refractivity contribution in [3.05, 3.63) is 88.5 Å². The van der Waals surface area contributed by atoms with Crippen LogP contribution in [0.5, 0.6) is 11.8 Å². The Hall–Kier alpha value is -4.85. The Morgan fingerprint density at radius 1 is 0.778 bits per heavy atom. The lowest BCUT2D eigenvalue weighted by Gasteiger charge is -2.23. The summed E-state index contributed by atoms with van der Waals surface area (Å²) in [6.07, 6.45) is 0. The molecule has 1 aromatic carbocycles. The molecular formula is C22H20N8O6. The van der Waals surface area contributed by atoms with Gasteiger partial charge in [-0.1, -0.05) is 12.1 Å². The average Bonchev–Trinajstić information content (AvgIpc) is 3.14. The van der Waals surface area contributed by atoms with Crippen LogP contribution in [0.1, 0.15) is 22.5 Å². The van der Waals surface area contributed by atoms with Gasteiger partial charge in [-0.15, -0.1) is 0 Å². The summed E-state index contributed by atoms with van der Waals surface area (Å²) in [6, 6.07) is 6.71. The highest BCUT2D eigenvalue weighted by Gasteiger charge is 2.47. The Morgan fingerprint density at radius 2 is 1.31 bits per heavy atom. The number of hydrogen-bond donors (Lipinski definition) is 3. The van der Waals surface area contributed by atoms with Crippen LogP contribution in [0.15, 0.2) is 48.4 Å². The molecule has 3 aromatic heterocycles.